The van der Waals surface area contributed by atoms with Crippen LogP contribution >= 0.6 is 11.6 Å². The third-order valence-corrected chi connectivity index (χ3v) is 4.86. The molecule has 1 aromatic heterocycles. The van der Waals surface area contributed by atoms with Gasteiger partial charge in [0, 0.05) is 16.6 Å². The van der Waals surface area contributed by atoms with Crippen LogP contribution in [0.1, 0.15) is 38.0 Å². The van der Waals surface area contributed by atoms with Gasteiger partial charge >= 0.3 is 5.97 Å². The van der Waals surface area contributed by atoms with E-state index in [2.05, 4.69) is 4.98 Å². The lowest BCUT2D eigenvalue weighted by atomic mass is 9.89. The molecule has 0 bridgehead atoms. The number of rotatable bonds is 4. The second-order valence-corrected chi connectivity index (χ2v) is 8.36. The molecule has 28 heavy (non-hydrogen) atoms. The minimum Gasteiger partial charge on any atom is -0.462 e. The van der Waals surface area contributed by atoms with Gasteiger partial charge in [-0.3, -0.25) is 9.78 Å². The van der Waals surface area contributed by atoms with Crippen LogP contribution in [0.5, 0.6) is 0 Å². The van der Waals surface area contributed by atoms with Gasteiger partial charge in [0.1, 0.15) is 12.7 Å². The standard InChI is InChI=1S/C23H24ClNO3/c1-14-12-18-17(6-5-11-25-18)21(15-7-9-16(24)10-8-15)20(14)19(26)13-28-22(27)23(2,3)4/h5-12,19,26H,13H2,1-4H3. The number of pyridine rings is 1. The number of esters is 1. The third-order valence-electron chi connectivity index (χ3n) is 4.61. The molecule has 1 atom stereocenters. The number of aliphatic hydroxyl groups excluding tert-OH is 1. The van der Waals surface area contributed by atoms with Crippen molar-refractivity contribution in [2.24, 2.45) is 5.41 Å². The lowest BCUT2D eigenvalue weighted by Gasteiger charge is -2.22. The van der Waals surface area contributed by atoms with E-state index >= 15 is 0 Å². The zero-order valence-corrected chi connectivity index (χ0v) is 17.2. The summed E-state index contributed by atoms with van der Waals surface area (Å²) in [4.78, 5) is 16.6. The number of ether oxygens (including phenoxy) is 1. The van der Waals surface area contributed by atoms with Crippen molar-refractivity contribution in [3.05, 3.63) is 64.8 Å². The monoisotopic (exact) mass is 397 g/mol. The third kappa shape index (κ3) is 4.18. The van der Waals surface area contributed by atoms with Gasteiger partial charge in [0.2, 0.25) is 0 Å². The molecule has 1 unspecified atom stereocenters. The smallest absolute Gasteiger partial charge is 0.311 e. The van der Waals surface area contributed by atoms with Crippen molar-refractivity contribution in [1.82, 2.24) is 4.98 Å². The number of hydrogen-bond donors (Lipinski definition) is 1. The average Bonchev–Trinajstić information content (AvgIpc) is 2.64. The van der Waals surface area contributed by atoms with Gasteiger partial charge in [0.25, 0.3) is 0 Å². The number of carbonyl (C=O) groups excluding carboxylic acids is 1. The van der Waals surface area contributed by atoms with E-state index in [9.17, 15) is 9.90 Å². The maximum atomic E-state index is 12.1. The summed E-state index contributed by atoms with van der Waals surface area (Å²) < 4.78 is 5.37. The van der Waals surface area contributed by atoms with E-state index in [0.29, 0.717) is 5.02 Å². The van der Waals surface area contributed by atoms with Crippen molar-refractivity contribution in [3.8, 4) is 11.1 Å². The SMILES string of the molecule is Cc1cc2ncccc2c(-c2ccc(Cl)cc2)c1C(O)COC(=O)C(C)(C)C. The Hall–Kier alpha value is -2.43. The van der Waals surface area contributed by atoms with E-state index in [1.54, 1.807) is 27.0 Å². The molecule has 0 aliphatic rings. The number of carbonyl (C=O) groups is 1. The predicted octanol–water partition coefficient (Wildman–Crippen LogP) is 5.49. The van der Waals surface area contributed by atoms with E-state index < -0.39 is 11.5 Å². The summed E-state index contributed by atoms with van der Waals surface area (Å²) in [6.45, 7) is 7.18. The van der Waals surface area contributed by atoms with Gasteiger partial charge in [-0.05, 0) is 74.2 Å². The van der Waals surface area contributed by atoms with Gasteiger partial charge in [-0.1, -0.05) is 29.8 Å². The Morgan fingerprint density at radius 3 is 2.54 bits per heavy atom. The van der Waals surface area contributed by atoms with Gasteiger partial charge in [-0.2, -0.15) is 0 Å². The fraction of sp³-hybridized carbons (Fsp3) is 0.304. The zero-order valence-electron chi connectivity index (χ0n) is 16.5. The number of halogens is 1. The molecule has 1 N–H and O–H groups in total. The van der Waals surface area contributed by atoms with E-state index in [1.165, 1.54) is 0 Å². The minimum atomic E-state index is -0.957. The fourth-order valence-electron chi connectivity index (χ4n) is 3.18. The van der Waals surface area contributed by atoms with Crippen molar-refractivity contribution < 1.29 is 14.6 Å². The van der Waals surface area contributed by atoms with Gasteiger partial charge in [-0.15, -0.1) is 0 Å². The number of aromatic nitrogens is 1. The number of fused-ring (bicyclic) bond motifs is 1. The molecule has 0 aliphatic carbocycles. The first-order chi connectivity index (χ1) is 13.2. The Morgan fingerprint density at radius 1 is 1.21 bits per heavy atom. The van der Waals surface area contributed by atoms with Gasteiger partial charge in [0.15, 0.2) is 0 Å². The van der Waals surface area contributed by atoms with Crippen LogP contribution in [0.15, 0.2) is 48.7 Å². The highest BCUT2D eigenvalue weighted by molar-refractivity contribution is 6.30. The molecule has 3 aromatic rings. The molecule has 0 aliphatic heterocycles. The van der Waals surface area contributed by atoms with E-state index in [-0.39, 0.29) is 12.6 Å². The quantitative estimate of drug-likeness (QED) is 0.591. The number of benzene rings is 2. The summed E-state index contributed by atoms with van der Waals surface area (Å²) in [5.41, 5.74) is 3.62. The topological polar surface area (TPSA) is 59.4 Å². The molecule has 0 amide bonds. The highest BCUT2D eigenvalue weighted by atomic mass is 35.5. The first-order valence-corrected chi connectivity index (χ1v) is 9.55. The maximum Gasteiger partial charge on any atom is 0.311 e. The van der Waals surface area contributed by atoms with Crippen molar-refractivity contribution in [3.63, 3.8) is 0 Å². The predicted molar refractivity (Wildman–Crippen MR) is 112 cm³/mol. The first kappa shape index (κ1) is 20.3. The van der Waals surface area contributed by atoms with E-state index in [4.69, 9.17) is 16.3 Å². The summed E-state index contributed by atoms with van der Waals surface area (Å²) in [5, 5.41) is 12.5. The summed E-state index contributed by atoms with van der Waals surface area (Å²) in [6, 6.07) is 13.3. The molecule has 146 valence electrons. The number of hydrogen-bond acceptors (Lipinski definition) is 4. The Kier molecular flexibility index (Phi) is 5.73. The van der Waals surface area contributed by atoms with Crippen LogP contribution in [0.25, 0.3) is 22.0 Å². The second-order valence-electron chi connectivity index (χ2n) is 7.92. The van der Waals surface area contributed by atoms with Crippen molar-refractivity contribution in [2.45, 2.75) is 33.8 Å². The average molecular weight is 398 g/mol. The highest BCUT2D eigenvalue weighted by Crippen LogP contribution is 2.38. The summed E-state index contributed by atoms with van der Waals surface area (Å²) in [6.07, 6.45) is 0.788. The lowest BCUT2D eigenvalue weighted by Crippen LogP contribution is -2.25. The molecule has 0 saturated carbocycles. The Morgan fingerprint density at radius 2 is 1.89 bits per heavy atom. The van der Waals surface area contributed by atoms with Crippen LogP contribution in [-0.2, 0) is 9.53 Å². The van der Waals surface area contributed by atoms with Crippen molar-refractivity contribution in [2.75, 3.05) is 6.61 Å². The summed E-state index contributed by atoms with van der Waals surface area (Å²) in [7, 11) is 0. The van der Waals surface area contributed by atoms with Gasteiger partial charge in [-0.25, -0.2) is 0 Å². The molecule has 0 fully saturated rings. The molecule has 3 rings (SSSR count). The van der Waals surface area contributed by atoms with Crippen molar-refractivity contribution >= 4 is 28.5 Å². The molecule has 1 heterocycles. The largest absolute Gasteiger partial charge is 0.462 e. The molecule has 0 radical (unpaired) electrons. The Balaban J connectivity index is 2.10. The number of aryl methyl sites for hydroxylation is 1. The van der Waals surface area contributed by atoms with Crippen LogP contribution in [0, 0.1) is 12.3 Å². The Labute approximate surface area is 170 Å². The molecule has 5 heteroatoms. The summed E-state index contributed by atoms with van der Waals surface area (Å²) in [5.74, 6) is -0.347. The van der Waals surface area contributed by atoms with Crippen LogP contribution in [0.4, 0.5) is 0 Å². The van der Waals surface area contributed by atoms with Gasteiger partial charge in [0.05, 0.1) is 10.9 Å². The van der Waals surface area contributed by atoms with Crippen LogP contribution in [-0.4, -0.2) is 22.7 Å². The molecule has 0 saturated heterocycles. The highest BCUT2D eigenvalue weighted by Gasteiger charge is 2.26. The number of aliphatic hydroxyl groups is 1. The lowest BCUT2D eigenvalue weighted by molar-refractivity contribution is -0.156. The molecular formula is C23H24ClNO3. The van der Waals surface area contributed by atoms with Crippen LogP contribution < -0.4 is 0 Å². The van der Waals surface area contributed by atoms with Crippen molar-refractivity contribution in [1.29, 1.82) is 0 Å². The normalized spacial score (nSPS) is 12.8. The molecule has 0 spiro atoms. The maximum absolute atomic E-state index is 12.1. The van der Waals surface area contributed by atoms with E-state index in [0.717, 1.165) is 33.2 Å². The number of nitrogens with zero attached hydrogens (tertiary/aromatic N) is 1. The van der Waals surface area contributed by atoms with Gasteiger partial charge < -0.3 is 9.84 Å². The second kappa shape index (κ2) is 7.90. The summed E-state index contributed by atoms with van der Waals surface area (Å²) >= 11 is 6.06. The van der Waals surface area contributed by atoms with Crippen LogP contribution in [0.3, 0.4) is 0 Å². The minimum absolute atomic E-state index is 0.108. The molecular weight excluding hydrogens is 374 g/mol. The van der Waals surface area contributed by atoms with E-state index in [1.807, 2.05) is 49.4 Å². The molecule has 4 nitrogen and oxygen atoms in total. The van der Waals surface area contributed by atoms with Crippen LogP contribution in [0.2, 0.25) is 5.02 Å². The molecule has 2 aromatic carbocycles. The fourth-order valence-corrected chi connectivity index (χ4v) is 3.31. The first-order valence-electron chi connectivity index (χ1n) is 9.18. The Bertz CT molecular complexity index is 1010. The zero-order chi connectivity index (χ0) is 20.5.